The molecule has 0 amide bonds. The molecule has 4 rings (SSSR count). The van der Waals surface area contributed by atoms with Gasteiger partial charge in [-0.2, -0.15) is 0 Å². The van der Waals surface area contributed by atoms with Gasteiger partial charge in [-0.05, 0) is 29.3 Å². The first kappa shape index (κ1) is 24.5. The smallest absolute Gasteiger partial charge is 0.285 e. The van der Waals surface area contributed by atoms with Gasteiger partial charge < -0.3 is 19.0 Å². The average molecular weight is 500 g/mol. The summed E-state index contributed by atoms with van der Waals surface area (Å²) in [6, 6.07) is 15.1. The van der Waals surface area contributed by atoms with Crippen LogP contribution in [0.1, 0.15) is 16.8 Å². The lowest BCUT2D eigenvalue weighted by atomic mass is 10.1. The number of benzene rings is 1. The van der Waals surface area contributed by atoms with Crippen LogP contribution in [0, 0.1) is 5.82 Å². The van der Waals surface area contributed by atoms with Crippen LogP contribution in [0.25, 0.3) is 11.3 Å². The Labute approximate surface area is 200 Å². The van der Waals surface area contributed by atoms with Crippen LogP contribution < -0.4 is 19.9 Å². The third-order valence-electron chi connectivity index (χ3n) is 5.06. The van der Waals surface area contributed by atoms with Crippen LogP contribution in [0.15, 0.2) is 71.5 Å². The number of pyridine rings is 2. The van der Waals surface area contributed by atoms with E-state index in [4.69, 9.17) is 19.9 Å². The Hall–Kier alpha value is -3.63. The van der Waals surface area contributed by atoms with Gasteiger partial charge in [0.2, 0.25) is 5.88 Å². The second kappa shape index (κ2) is 10.7. The number of hydrogen-bond donors (Lipinski definition) is 2. The summed E-state index contributed by atoms with van der Waals surface area (Å²) in [5.41, 5.74) is 8.64. The summed E-state index contributed by atoms with van der Waals surface area (Å²) in [7, 11) is -4.89. The molecule has 0 spiro atoms. The van der Waals surface area contributed by atoms with E-state index in [1.165, 1.54) is 16.8 Å². The van der Waals surface area contributed by atoms with Crippen molar-refractivity contribution in [3.05, 3.63) is 89.6 Å². The maximum atomic E-state index is 13.7. The van der Waals surface area contributed by atoms with Crippen molar-refractivity contribution < 1.29 is 37.1 Å². The van der Waals surface area contributed by atoms with Gasteiger partial charge in [-0.25, -0.2) is 13.9 Å². The number of nitrogens with zero attached hydrogens (tertiary/aromatic N) is 3. The summed E-state index contributed by atoms with van der Waals surface area (Å²) in [5, 5.41) is 4.06. The van der Waals surface area contributed by atoms with E-state index in [9.17, 15) is 13.8 Å². The van der Waals surface area contributed by atoms with Crippen LogP contribution in [0.4, 0.5) is 10.2 Å². The number of rotatable bonds is 10. The van der Waals surface area contributed by atoms with E-state index in [0.717, 1.165) is 5.56 Å². The molecule has 0 aliphatic carbocycles. The van der Waals surface area contributed by atoms with Gasteiger partial charge in [0.25, 0.3) is 13.6 Å². The number of nitrogen functional groups attached to an aromatic ring is 1. The number of ether oxygens (including phenoxy) is 1. The van der Waals surface area contributed by atoms with Crippen LogP contribution >= 0.6 is 7.82 Å². The van der Waals surface area contributed by atoms with Crippen LogP contribution in [-0.4, -0.2) is 21.6 Å². The number of phosphoric acid groups is 1. The third-order valence-corrected chi connectivity index (χ3v) is 5.50. The molecule has 1 unspecified atom stereocenters. The van der Waals surface area contributed by atoms with E-state index in [1.54, 1.807) is 48.7 Å². The lowest BCUT2D eigenvalue weighted by Crippen LogP contribution is -2.38. The molecule has 0 bridgehead atoms. The molecule has 12 heteroatoms. The maximum absolute atomic E-state index is 13.7. The van der Waals surface area contributed by atoms with E-state index in [-0.39, 0.29) is 11.6 Å². The highest BCUT2D eigenvalue weighted by atomic mass is 31.2. The summed E-state index contributed by atoms with van der Waals surface area (Å²) < 4.78 is 41.2. The van der Waals surface area contributed by atoms with Gasteiger partial charge >= 0.3 is 0 Å². The van der Waals surface area contributed by atoms with Crippen molar-refractivity contribution >= 4 is 13.6 Å². The average Bonchev–Trinajstić information content (AvgIpc) is 3.28. The summed E-state index contributed by atoms with van der Waals surface area (Å²) in [5.74, 6) is 0.718. The highest BCUT2D eigenvalue weighted by Crippen LogP contribution is 2.30. The summed E-state index contributed by atoms with van der Waals surface area (Å²) >= 11 is 0. The van der Waals surface area contributed by atoms with Crippen molar-refractivity contribution in [2.45, 2.75) is 19.6 Å². The Morgan fingerprint density at radius 3 is 2.77 bits per heavy atom. The number of halogens is 1. The lowest BCUT2D eigenvalue weighted by molar-refractivity contribution is -0.712. The van der Waals surface area contributed by atoms with Crippen molar-refractivity contribution in [2.24, 2.45) is 0 Å². The Bertz CT molecular complexity index is 1340. The Kier molecular flexibility index (Phi) is 7.52. The maximum Gasteiger partial charge on any atom is 0.285 e. The second-order valence-corrected chi connectivity index (χ2v) is 8.75. The molecular weight excluding hydrogens is 478 g/mol. The summed E-state index contributed by atoms with van der Waals surface area (Å²) in [6.45, 7) is -0.188. The molecule has 0 radical (unpaired) electrons. The van der Waals surface area contributed by atoms with Crippen molar-refractivity contribution in [3.63, 3.8) is 0 Å². The van der Waals surface area contributed by atoms with E-state index >= 15 is 0 Å². The summed E-state index contributed by atoms with van der Waals surface area (Å²) in [4.78, 5) is 23.9. The Morgan fingerprint density at radius 2 is 2.03 bits per heavy atom. The largest absolute Gasteiger partial charge is 0.756 e. The van der Waals surface area contributed by atoms with E-state index < -0.39 is 14.6 Å². The highest BCUT2D eigenvalue weighted by molar-refractivity contribution is 7.44. The van der Waals surface area contributed by atoms with Gasteiger partial charge in [0, 0.05) is 31.2 Å². The molecule has 1 atom stereocenters. The fourth-order valence-electron chi connectivity index (χ4n) is 3.32. The second-order valence-electron chi connectivity index (χ2n) is 7.56. The fourth-order valence-corrected chi connectivity index (χ4v) is 3.59. The van der Waals surface area contributed by atoms with Crippen molar-refractivity contribution in [2.75, 3.05) is 12.3 Å². The molecule has 0 fully saturated rings. The molecule has 3 aromatic heterocycles. The first-order chi connectivity index (χ1) is 16.8. The zero-order chi connectivity index (χ0) is 24.8. The Balaban J connectivity index is 1.36. The predicted molar refractivity (Wildman–Crippen MR) is 120 cm³/mol. The predicted octanol–water partition coefficient (Wildman–Crippen LogP) is 2.39. The molecule has 0 saturated heterocycles. The van der Waals surface area contributed by atoms with Gasteiger partial charge in [0.05, 0.1) is 18.5 Å². The molecular formula is C23H22FN4O6P. The summed E-state index contributed by atoms with van der Waals surface area (Å²) in [6.07, 6.45) is 4.02. The standard InChI is InChI=1S/C23H22FN4O6P/c24-20-6-2-1-4-17(20)9-11-32-22-8-7-16(14-26-22)12-18-13-21(34-27-18)19-5-3-10-28(23(19)25)15-33-35(29,30)31/h1-8,10,13-14,25H,9,11-12,15H2,(H2,29,30,31). The van der Waals surface area contributed by atoms with Gasteiger partial charge in [0.15, 0.2) is 12.5 Å². The van der Waals surface area contributed by atoms with Crippen LogP contribution in [0.5, 0.6) is 5.88 Å². The minimum absolute atomic E-state index is 0.169. The molecule has 0 aliphatic rings. The molecule has 35 heavy (non-hydrogen) atoms. The molecule has 0 saturated carbocycles. The number of phosphoric ester groups is 1. The number of nitrogens with two attached hydrogens (primary N) is 1. The van der Waals surface area contributed by atoms with E-state index in [1.807, 2.05) is 6.07 Å². The third kappa shape index (κ3) is 6.71. The molecule has 10 nitrogen and oxygen atoms in total. The topological polar surface area (TPSA) is 148 Å². The molecule has 3 N–H and O–H groups in total. The normalized spacial score (nSPS) is 12.9. The van der Waals surface area contributed by atoms with Gasteiger partial charge in [0.1, 0.15) is 11.4 Å². The molecule has 0 aliphatic heterocycles. The SMILES string of the molecule is Nc1c(-c2cc(Cc3ccc(OCCc4ccccc4F)nc3)no2)ccc[n+]1COP(=O)([O-])O. The molecule has 182 valence electrons. The number of hydrogen-bond acceptors (Lipinski definition) is 8. The number of aromatic nitrogens is 3. The highest BCUT2D eigenvalue weighted by Gasteiger charge is 2.18. The lowest BCUT2D eigenvalue weighted by Gasteiger charge is -2.14. The zero-order valence-corrected chi connectivity index (χ0v) is 19.3. The minimum Gasteiger partial charge on any atom is -0.756 e. The Morgan fingerprint density at radius 1 is 1.20 bits per heavy atom. The van der Waals surface area contributed by atoms with Gasteiger partial charge in [-0.3, -0.25) is 14.8 Å². The molecule has 3 heterocycles. The van der Waals surface area contributed by atoms with E-state index in [2.05, 4.69) is 14.7 Å². The monoisotopic (exact) mass is 500 g/mol. The molecule has 4 aromatic rings. The van der Waals surface area contributed by atoms with Crippen LogP contribution in [-0.2, 0) is 28.7 Å². The molecule has 1 aromatic carbocycles. The first-order valence-electron chi connectivity index (χ1n) is 10.5. The van der Waals surface area contributed by atoms with Crippen LogP contribution in [0.3, 0.4) is 0 Å². The van der Waals surface area contributed by atoms with Gasteiger partial charge in [-0.1, -0.05) is 29.4 Å². The van der Waals surface area contributed by atoms with E-state index in [0.29, 0.717) is 47.9 Å². The van der Waals surface area contributed by atoms with Crippen molar-refractivity contribution in [1.82, 2.24) is 10.1 Å². The van der Waals surface area contributed by atoms with Crippen molar-refractivity contribution in [1.29, 1.82) is 0 Å². The fraction of sp³-hybridized carbons (Fsp3) is 0.174. The first-order valence-corrected chi connectivity index (χ1v) is 12.0. The zero-order valence-electron chi connectivity index (χ0n) is 18.4. The number of anilines is 1. The van der Waals surface area contributed by atoms with Crippen LogP contribution in [0.2, 0.25) is 0 Å². The van der Waals surface area contributed by atoms with Gasteiger partial charge in [-0.15, -0.1) is 0 Å². The quantitative estimate of drug-likeness (QED) is 0.247. The van der Waals surface area contributed by atoms with Crippen molar-refractivity contribution in [3.8, 4) is 17.2 Å². The minimum atomic E-state index is -4.89.